The fourth-order valence-electron chi connectivity index (χ4n) is 2.38. The van der Waals surface area contributed by atoms with Gasteiger partial charge >= 0.3 is 0 Å². The van der Waals surface area contributed by atoms with Crippen molar-refractivity contribution in [3.05, 3.63) is 22.7 Å². The molecule has 0 saturated heterocycles. The van der Waals surface area contributed by atoms with E-state index in [1.807, 2.05) is 13.0 Å². The molecule has 0 spiro atoms. The first kappa shape index (κ1) is 16.1. The minimum atomic E-state index is -3.64. The Hall–Kier alpha value is -1.29. The van der Waals surface area contributed by atoms with Gasteiger partial charge in [0.25, 0.3) is 0 Å². The number of halogens is 1. The van der Waals surface area contributed by atoms with Crippen molar-refractivity contribution < 1.29 is 13.2 Å². The summed E-state index contributed by atoms with van der Waals surface area (Å²) in [5.74, 6) is 0.572. The van der Waals surface area contributed by atoms with E-state index in [9.17, 15) is 8.42 Å². The molecule has 0 aromatic heterocycles. The predicted octanol–water partition coefficient (Wildman–Crippen LogP) is 2.59. The number of hydrogen-bond donors (Lipinski definition) is 0. The van der Waals surface area contributed by atoms with E-state index in [1.165, 1.54) is 10.4 Å². The average Bonchev–Trinajstić information content (AvgIpc) is 2.80. The molecular weight excluding hydrogens is 312 g/mol. The molecule has 0 amide bonds. The van der Waals surface area contributed by atoms with Crippen LogP contribution < -0.4 is 4.74 Å². The van der Waals surface area contributed by atoms with Crippen molar-refractivity contribution in [3.63, 3.8) is 0 Å². The second-order valence-electron chi connectivity index (χ2n) is 4.93. The third kappa shape index (κ3) is 3.15. The molecule has 21 heavy (non-hydrogen) atoms. The summed E-state index contributed by atoms with van der Waals surface area (Å²) < 4.78 is 32.1. The van der Waals surface area contributed by atoms with Crippen molar-refractivity contribution in [2.45, 2.75) is 37.7 Å². The molecule has 114 valence electrons. The van der Waals surface area contributed by atoms with Gasteiger partial charge in [0.15, 0.2) is 0 Å². The van der Waals surface area contributed by atoms with Crippen LogP contribution in [0.1, 0.15) is 25.8 Å². The second-order valence-corrected chi connectivity index (χ2v) is 7.28. The highest BCUT2D eigenvalue weighted by molar-refractivity contribution is 7.89. The molecule has 1 aliphatic rings. The Bertz CT molecular complexity index is 682. The molecule has 7 heteroatoms. The summed E-state index contributed by atoms with van der Waals surface area (Å²) in [6.45, 7) is 4.15. The van der Waals surface area contributed by atoms with Crippen molar-refractivity contribution in [1.82, 2.24) is 4.31 Å². The smallest absolute Gasteiger partial charge is 0.243 e. The fourth-order valence-corrected chi connectivity index (χ4v) is 4.26. The quantitative estimate of drug-likeness (QED) is 0.833. The van der Waals surface area contributed by atoms with E-state index in [2.05, 4.69) is 0 Å². The van der Waals surface area contributed by atoms with Gasteiger partial charge in [-0.15, -0.1) is 0 Å². The maximum Gasteiger partial charge on any atom is 0.243 e. The summed E-state index contributed by atoms with van der Waals surface area (Å²) >= 11 is 6.14. The normalized spacial score (nSPS) is 17.4. The van der Waals surface area contributed by atoms with E-state index in [-0.39, 0.29) is 24.0 Å². The largest absolute Gasteiger partial charge is 0.489 e. The van der Waals surface area contributed by atoms with E-state index in [0.717, 1.165) is 5.56 Å². The highest BCUT2D eigenvalue weighted by atomic mass is 35.5. The minimum Gasteiger partial charge on any atom is -0.489 e. The number of sulfonamides is 1. The molecule has 1 heterocycles. The summed E-state index contributed by atoms with van der Waals surface area (Å²) in [6.07, 6.45) is 0.797. The van der Waals surface area contributed by atoms with Crippen molar-refractivity contribution in [2.75, 3.05) is 13.1 Å². The predicted molar refractivity (Wildman–Crippen MR) is 79.9 cm³/mol. The number of rotatable bonds is 5. The zero-order chi connectivity index (χ0) is 15.6. The highest BCUT2D eigenvalue weighted by Gasteiger charge is 2.28. The summed E-state index contributed by atoms with van der Waals surface area (Å²) in [5.41, 5.74) is 0.810. The van der Waals surface area contributed by atoms with Gasteiger partial charge in [-0.3, -0.25) is 0 Å². The molecule has 1 aromatic rings. The number of fused-ring (bicyclic) bond motifs is 1. The molecule has 0 radical (unpaired) electrons. The molecule has 0 N–H and O–H groups in total. The zero-order valence-electron chi connectivity index (χ0n) is 12.0. The first-order valence-corrected chi connectivity index (χ1v) is 8.58. The van der Waals surface area contributed by atoms with Crippen LogP contribution in [0.25, 0.3) is 0 Å². The summed E-state index contributed by atoms with van der Waals surface area (Å²) in [4.78, 5) is 0.156. The van der Waals surface area contributed by atoms with E-state index in [4.69, 9.17) is 21.6 Å². The average molecular weight is 329 g/mol. The Morgan fingerprint density at radius 3 is 2.86 bits per heavy atom. The van der Waals surface area contributed by atoms with Gasteiger partial charge in [-0.05, 0) is 19.1 Å². The van der Waals surface area contributed by atoms with Gasteiger partial charge in [-0.1, -0.05) is 18.5 Å². The molecule has 2 rings (SSSR count). The molecule has 5 nitrogen and oxygen atoms in total. The Labute approximate surface area is 130 Å². The standard InChI is InChI=1S/C14H17ClN2O3S/c1-3-17(6-4-5-16)21(18,19)12-8-11-7-10(2)20-14(11)13(15)9-12/h8-10H,3-4,6-7H2,1-2H3/t10-/m1/s1. The maximum absolute atomic E-state index is 12.6. The summed E-state index contributed by atoms with van der Waals surface area (Å²) in [6, 6.07) is 5.00. The third-order valence-corrected chi connectivity index (χ3v) is 5.62. The van der Waals surface area contributed by atoms with Crippen LogP contribution in [0.3, 0.4) is 0 Å². The van der Waals surface area contributed by atoms with Gasteiger partial charge in [0.1, 0.15) is 11.9 Å². The van der Waals surface area contributed by atoms with Crippen molar-refractivity contribution in [2.24, 2.45) is 0 Å². The SMILES string of the molecule is CCN(CCC#N)S(=O)(=O)c1cc(Cl)c2c(c1)C[C@@H](C)O2. The zero-order valence-corrected chi connectivity index (χ0v) is 13.5. The lowest BCUT2D eigenvalue weighted by Gasteiger charge is -2.19. The molecular formula is C14H17ClN2O3S. The number of hydrogen-bond acceptors (Lipinski definition) is 4. The molecule has 1 aromatic carbocycles. The lowest BCUT2D eigenvalue weighted by Crippen LogP contribution is -2.31. The number of nitriles is 1. The minimum absolute atomic E-state index is 0.00341. The van der Waals surface area contributed by atoms with Crippen LogP contribution in [0, 0.1) is 11.3 Å². The Kier molecular flexibility index (Phi) is 4.77. The molecule has 0 bridgehead atoms. The Morgan fingerprint density at radius 2 is 2.24 bits per heavy atom. The number of benzene rings is 1. The lowest BCUT2D eigenvalue weighted by atomic mass is 10.1. The maximum atomic E-state index is 12.6. The van der Waals surface area contributed by atoms with E-state index < -0.39 is 10.0 Å². The third-order valence-electron chi connectivity index (χ3n) is 3.38. The van der Waals surface area contributed by atoms with Crippen LogP contribution >= 0.6 is 11.6 Å². The highest BCUT2D eigenvalue weighted by Crippen LogP contribution is 2.38. The first-order chi connectivity index (χ1) is 9.90. The van der Waals surface area contributed by atoms with Crippen LogP contribution in [0.5, 0.6) is 5.75 Å². The van der Waals surface area contributed by atoms with Gasteiger partial charge in [0.2, 0.25) is 10.0 Å². The molecule has 1 aliphatic heterocycles. The number of nitrogens with zero attached hydrogens (tertiary/aromatic N) is 2. The summed E-state index contributed by atoms with van der Waals surface area (Å²) in [5, 5.41) is 8.95. The van der Waals surface area contributed by atoms with Gasteiger partial charge in [0.05, 0.1) is 16.0 Å². The van der Waals surface area contributed by atoms with Gasteiger partial charge in [-0.25, -0.2) is 8.42 Å². The van der Waals surface area contributed by atoms with Crippen LogP contribution in [-0.2, 0) is 16.4 Å². The summed E-state index contributed by atoms with van der Waals surface area (Å²) in [7, 11) is -3.64. The van der Waals surface area contributed by atoms with Gasteiger partial charge in [-0.2, -0.15) is 9.57 Å². The van der Waals surface area contributed by atoms with Crippen LogP contribution in [0.15, 0.2) is 17.0 Å². The molecule has 1 atom stereocenters. The molecule has 0 aliphatic carbocycles. The Morgan fingerprint density at radius 1 is 1.52 bits per heavy atom. The molecule has 0 fully saturated rings. The van der Waals surface area contributed by atoms with Gasteiger partial charge in [0, 0.05) is 31.5 Å². The Balaban J connectivity index is 2.40. The second kappa shape index (κ2) is 6.22. The van der Waals surface area contributed by atoms with Crippen LogP contribution in [-0.4, -0.2) is 31.9 Å². The van der Waals surface area contributed by atoms with E-state index in [0.29, 0.717) is 23.7 Å². The van der Waals surface area contributed by atoms with Crippen LogP contribution in [0.4, 0.5) is 0 Å². The van der Waals surface area contributed by atoms with Crippen molar-refractivity contribution in [3.8, 4) is 11.8 Å². The van der Waals surface area contributed by atoms with E-state index >= 15 is 0 Å². The van der Waals surface area contributed by atoms with E-state index in [1.54, 1.807) is 13.0 Å². The monoisotopic (exact) mass is 328 g/mol. The van der Waals surface area contributed by atoms with Crippen molar-refractivity contribution >= 4 is 21.6 Å². The van der Waals surface area contributed by atoms with Crippen LogP contribution in [0.2, 0.25) is 5.02 Å². The van der Waals surface area contributed by atoms with Gasteiger partial charge < -0.3 is 4.74 Å². The molecule has 0 saturated carbocycles. The number of ether oxygens (including phenoxy) is 1. The fraction of sp³-hybridized carbons (Fsp3) is 0.500. The topological polar surface area (TPSA) is 70.4 Å². The first-order valence-electron chi connectivity index (χ1n) is 6.76. The lowest BCUT2D eigenvalue weighted by molar-refractivity contribution is 0.255. The van der Waals surface area contributed by atoms with Crippen molar-refractivity contribution in [1.29, 1.82) is 5.26 Å². The molecule has 0 unspecified atom stereocenters.